The molecule has 7 nitrogen and oxygen atoms in total. The molecule has 0 saturated carbocycles. The van der Waals surface area contributed by atoms with Crippen molar-refractivity contribution in [2.75, 3.05) is 35.5 Å². The summed E-state index contributed by atoms with van der Waals surface area (Å²) in [6.07, 6.45) is 0.390. The van der Waals surface area contributed by atoms with E-state index < -0.39 is 5.60 Å². The van der Waals surface area contributed by atoms with Crippen LogP contribution in [0.25, 0.3) is 0 Å². The number of piperidine rings is 1. The average molecular weight is 494 g/mol. The van der Waals surface area contributed by atoms with Crippen molar-refractivity contribution in [1.29, 1.82) is 0 Å². The molecule has 0 amide bonds. The molecular formula is C29H35NO6. The van der Waals surface area contributed by atoms with Gasteiger partial charge in [-0.15, -0.1) is 0 Å². The van der Waals surface area contributed by atoms with Gasteiger partial charge in [-0.25, -0.2) is 0 Å². The molecule has 0 radical (unpaired) electrons. The lowest BCUT2D eigenvalue weighted by atomic mass is 9.68. The van der Waals surface area contributed by atoms with Crippen molar-refractivity contribution in [1.82, 2.24) is 5.32 Å². The van der Waals surface area contributed by atoms with Crippen molar-refractivity contribution in [3.8, 4) is 28.7 Å². The predicted octanol–water partition coefficient (Wildman–Crippen LogP) is 5.03. The van der Waals surface area contributed by atoms with Gasteiger partial charge in [-0.05, 0) is 42.5 Å². The van der Waals surface area contributed by atoms with Crippen LogP contribution in [0, 0.1) is 5.92 Å². The summed E-state index contributed by atoms with van der Waals surface area (Å²) in [6, 6.07) is 18.5. The summed E-state index contributed by atoms with van der Waals surface area (Å²) in [5.74, 6) is 3.22. The minimum absolute atomic E-state index is 0.261. The SMILES string of the molecule is COc1ccc(OC)c([C@@H]2C[C@](O)(c3ccccc3OC)[C@H](C)[C@@H](c3cc(OC)ccc3OC)N2)c1. The van der Waals surface area contributed by atoms with Gasteiger partial charge in [-0.1, -0.05) is 25.1 Å². The molecule has 7 heteroatoms. The van der Waals surface area contributed by atoms with E-state index in [0.29, 0.717) is 35.2 Å². The van der Waals surface area contributed by atoms with E-state index in [1.165, 1.54) is 0 Å². The number of methoxy groups -OCH3 is 5. The van der Waals surface area contributed by atoms with E-state index >= 15 is 0 Å². The van der Waals surface area contributed by atoms with E-state index in [1.807, 2.05) is 67.6 Å². The Morgan fingerprint density at radius 2 is 1.28 bits per heavy atom. The first-order chi connectivity index (χ1) is 17.4. The Morgan fingerprint density at radius 1 is 0.722 bits per heavy atom. The summed E-state index contributed by atoms with van der Waals surface area (Å²) in [5.41, 5.74) is 1.28. The third-order valence-corrected chi connectivity index (χ3v) is 7.31. The quantitative estimate of drug-likeness (QED) is 0.456. The van der Waals surface area contributed by atoms with Crippen LogP contribution >= 0.6 is 0 Å². The van der Waals surface area contributed by atoms with Crippen molar-refractivity contribution in [3.05, 3.63) is 77.4 Å². The molecule has 0 aliphatic carbocycles. The highest BCUT2D eigenvalue weighted by atomic mass is 16.5. The van der Waals surface area contributed by atoms with Crippen LogP contribution in [-0.2, 0) is 5.60 Å². The van der Waals surface area contributed by atoms with Crippen LogP contribution in [0.5, 0.6) is 28.7 Å². The van der Waals surface area contributed by atoms with Gasteiger partial charge < -0.3 is 34.1 Å². The molecule has 1 fully saturated rings. The number of hydrogen-bond donors (Lipinski definition) is 2. The second kappa shape index (κ2) is 10.7. The first-order valence-corrected chi connectivity index (χ1v) is 12.0. The van der Waals surface area contributed by atoms with Gasteiger partial charge in [0.1, 0.15) is 28.7 Å². The fourth-order valence-electron chi connectivity index (χ4n) is 5.30. The lowest BCUT2D eigenvalue weighted by molar-refractivity contribution is -0.0760. The van der Waals surface area contributed by atoms with Gasteiger partial charge in [-0.3, -0.25) is 0 Å². The molecule has 1 saturated heterocycles. The topological polar surface area (TPSA) is 78.4 Å². The Hall–Kier alpha value is -3.42. The van der Waals surface area contributed by atoms with Gasteiger partial charge in [0.15, 0.2) is 0 Å². The Kier molecular flexibility index (Phi) is 7.62. The van der Waals surface area contributed by atoms with Gasteiger partial charge in [0.25, 0.3) is 0 Å². The second-order valence-corrected chi connectivity index (χ2v) is 9.03. The van der Waals surface area contributed by atoms with Gasteiger partial charge in [0, 0.05) is 41.1 Å². The summed E-state index contributed by atoms with van der Waals surface area (Å²) in [5, 5.41) is 16.3. The normalized spacial score (nSPS) is 23.6. The Morgan fingerprint density at radius 3 is 1.86 bits per heavy atom. The van der Waals surface area contributed by atoms with Gasteiger partial charge >= 0.3 is 0 Å². The molecule has 2 N–H and O–H groups in total. The maximum absolute atomic E-state index is 12.5. The average Bonchev–Trinajstić information content (AvgIpc) is 2.93. The zero-order valence-corrected chi connectivity index (χ0v) is 21.7. The fraction of sp³-hybridized carbons (Fsp3) is 0.379. The van der Waals surface area contributed by atoms with E-state index in [2.05, 4.69) is 5.32 Å². The van der Waals surface area contributed by atoms with E-state index in [0.717, 1.165) is 16.7 Å². The predicted molar refractivity (Wildman–Crippen MR) is 138 cm³/mol. The smallest absolute Gasteiger partial charge is 0.124 e. The van der Waals surface area contributed by atoms with Crippen LogP contribution < -0.4 is 29.0 Å². The number of nitrogens with one attached hydrogen (secondary N) is 1. The molecule has 0 spiro atoms. The number of rotatable bonds is 8. The molecule has 4 atom stereocenters. The standard InChI is InChI=1S/C29H35NO6/c1-18-28(22-16-20(33-3)12-14-26(22)35-5)30-24(21-15-19(32-2)11-13-25(21)34-4)17-29(18,31)23-9-7-8-10-27(23)36-6/h7-16,18,24,28,30-31H,17H2,1-6H3/t18-,24+,28+,29-/m1/s1. The molecule has 1 aliphatic heterocycles. The lowest BCUT2D eigenvalue weighted by Crippen LogP contribution is -2.50. The van der Waals surface area contributed by atoms with Gasteiger partial charge in [0.05, 0.1) is 41.2 Å². The molecule has 36 heavy (non-hydrogen) atoms. The van der Waals surface area contributed by atoms with Crippen LogP contribution in [0.2, 0.25) is 0 Å². The lowest BCUT2D eigenvalue weighted by Gasteiger charge is -2.48. The number of para-hydroxylation sites is 1. The zero-order chi connectivity index (χ0) is 25.9. The zero-order valence-electron chi connectivity index (χ0n) is 21.7. The monoisotopic (exact) mass is 493 g/mol. The first-order valence-electron chi connectivity index (χ1n) is 12.0. The van der Waals surface area contributed by atoms with Crippen molar-refractivity contribution < 1.29 is 28.8 Å². The van der Waals surface area contributed by atoms with E-state index in [1.54, 1.807) is 35.5 Å². The third kappa shape index (κ3) is 4.56. The molecule has 192 valence electrons. The highest BCUT2D eigenvalue weighted by Crippen LogP contribution is 2.53. The molecule has 0 bridgehead atoms. The number of benzene rings is 3. The Balaban J connectivity index is 1.92. The van der Waals surface area contributed by atoms with Crippen molar-refractivity contribution in [2.45, 2.75) is 31.0 Å². The van der Waals surface area contributed by atoms with Gasteiger partial charge in [0.2, 0.25) is 0 Å². The number of ether oxygens (including phenoxy) is 5. The molecular weight excluding hydrogens is 458 g/mol. The minimum atomic E-state index is -1.24. The van der Waals surface area contributed by atoms with Crippen LogP contribution in [0.3, 0.4) is 0 Å². The maximum atomic E-state index is 12.5. The molecule has 1 heterocycles. The van der Waals surface area contributed by atoms with Crippen LogP contribution in [-0.4, -0.2) is 40.7 Å². The van der Waals surface area contributed by atoms with Crippen molar-refractivity contribution in [2.24, 2.45) is 5.92 Å². The van der Waals surface area contributed by atoms with Crippen LogP contribution in [0.15, 0.2) is 60.7 Å². The Bertz CT molecular complexity index is 1200. The molecule has 3 aromatic rings. The van der Waals surface area contributed by atoms with E-state index in [4.69, 9.17) is 23.7 Å². The largest absolute Gasteiger partial charge is 0.497 e. The Labute approximate surface area is 212 Å². The summed E-state index contributed by atoms with van der Waals surface area (Å²) in [6.45, 7) is 2.04. The summed E-state index contributed by atoms with van der Waals surface area (Å²) >= 11 is 0. The first kappa shape index (κ1) is 25.7. The second-order valence-electron chi connectivity index (χ2n) is 9.03. The van der Waals surface area contributed by atoms with Crippen LogP contribution in [0.1, 0.15) is 42.1 Å². The maximum Gasteiger partial charge on any atom is 0.124 e. The molecule has 1 aliphatic rings. The molecule has 3 aromatic carbocycles. The number of aliphatic hydroxyl groups is 1. The molecule has 4 rings (SSSR count). The summed E-state index contributed by atoms with van der Waals surface area (Å²) < 4.78 is 28.2. The summed E-state index contributed by atoms with van der Waals surface area (Å²) in [7, 11) is 8.19. The van der Waals surface area contributed by atoms with Crippen molar-refractivity contribution in [3.63, 3.8) is 0 Å². The fourth-order valence-corrected chi connectivity index (χ4v) is 5.30. The summed E-state index contributed by atoms with van der Waals surface area (Å²) in [4.78, 5) is 0. The highest BCUT2D eigenvalue weighted by Gasteiger charge is 2.49. The van der Waals surface area contributed by atoms with E-state index in [-0.39, 0.29) is 18.0 Å². The minimum Gasteiger partial charge on any atom is -0.497 e. The number of hydrogen-bond acceptors (Lipinski definition) is 7. The van der Waals surface area contributed by atoms with E-state index in [9.17, 15) is 5.11 Å². The van der Waals surface area contributed by atoms with Gasteiger partial charge in [-0.2, -0.15) is 0 Å². The van der Waals surface area contributed by atoms with Crippen LogP contribution in [0.4, 0.5) is 0 Å². The highest BCUT2D eigenvalue weighted by molar-refractivity contribution is 5.48. The molecule has 0 unspecified atom stereocenters. The van der Waals surface area contributed by atoms with Crippen molar-refractivity contribution >= 4 is 0 Å². The molecule has 0 aromatic heterocycles. The third-order valence-electron chi connectivity index (χ3n) is 7.31.